The summed E-state index contributed by atoms with van der Waals surface area (Å²) < 4.78 is 28.9. The van der Waals surface area contributed by atoms with Gasteiger partial charge in [-0.3, -0.25) is 0 Å². The molecule has 1 atom stereocenters. The Morgan fingerprint density at radius 1 is 0.960 bits per heavy atom. The van der Waals surface area contributed by atoms with E-state index in [-0.39, 0.29) is 5.54 Å². The zero-order valence-corrected chi connectivity index (χ0v) is 15.5. The van der Waals surface area contributed by atoms with E-state index in [1.807, 2.05) is 28.6 Å². The average Bonchev–Trinajstić information content (AvgIpc) is 3.04. The highest BCUT2D eigenvalue weighted by Gasteiger charge is 2.48. The summed E-state index contributed by atoms with van der Waals surface area (Å²) in [7, 11) is -3.51. The van der Waals surface area contributed by atoms with Gasteiger partial charge in [-0.1, -0.05) is 62.2 Å². The molecule has 25 heavy (non-hydrogen) atoms. The van der Waals surface area contributed by atoms with E-state index in [0.29, 0.717) is 17.4 Å². The minimum atomic E-state index is -3.51. The first-order valence-corrected chi connectivity index (χ1v) is 10.6. The van der Waals surface area contributed by atoms with Gasteiger partial charge in [-0.25, -0.2) is 8.42 Å². The lowest BCUT2D eigenvalue weighted by atomic mass is 9.84. The van der Waals surface area contributed by atoms with Crippen LogP contribution < -0.4 is 0 Å². The third kappa shape index (κ3) is 2.81. The molecule has 4 rings (SSSR count). The van der Waals surface area contributed by atoms with E-state index >= 15 is 0 Å². The average molecular weight is 356 g/mol. The fourth-order valence-corrected chi connectivity index (χ4v) is 6.64. The van der Waals surface area contributed by atoms with Gasteiger partial charge in [0, 0.05) is 12.1 Å². The van der Waals surface area contributed by atoms with Crippen LogP contribution in [0.1, 0.15) is 56.1 Å². The minimum absolute atomic E-state index is 0.243. The third-order valence-corrected chi connectivity index (χ3v) is 7.95. The molecule has 1 saturated carbocycles. The lowest BCUT2D eigenvalue weighted by molar-refractivity contribution is 0.169. The van der Waals surface area contributed by atoms with Gasteiger partial charge in [-0.2, -0.15) is 4.31 Å². The molecule has 0 aromatic heterocycles. The van der Waals surface area contributed by atoms with E-state index < -0.39 is 10.0 Å². The van der Waals surface area contributed by atoms with Gasteiger partial charge >= 0.3 is 0 Å². The molecule has 0 radical (unpaired) electrons. The summed E-state index contributed by atoms with van der Waals surface area (Å²) in [5.41, 5.74) is 2.21. The molecule has 2 aromatic rings. The molecule has 1 fully saturated rings. The number of hydrogen-bond acceptors (Lipinski definition) is 2. The molecule has 1 heterocycles. The Labute approximate surface area is 150 Å². The van der Waals surface area contributed by atoms with Crippen LogP contribution >= 0.6 is 0 Å². The van der Waals surface area contributed by atoms with Crippen molar-refractivity contribution in [3.05, 3.63) is 65.7 Å². The van der Waals surface area contributed by atoms with Crippen LogP contribution in [0.15, 0.2) is 59.5 Å². The molecular weight excluding hydrogens is 330 g/mol. The predicted octanol–water partition coefficient (Wildman–Crippen LogP) is 4.70. The molecule has 0 bridgehead atoms. The van der Waals surface area contributed by atoms with Crippen molar-refractivity contribution in [1.82, 2.24) is 4.31 Å². The zero-order valence-electron chi connectivity index (χ0n) is 14.7. The summed E-state index contributed by atoms with van der Waals surface area (Å²) in [6.07, 6.45) is 5.08. The van der Waals surface area contributed by atoms with Crippen LogP contribution in [0.2, 0.25) is 0 Å². The van der Waals surface area contributed by atoms with Gasteiger partial charge in [0.25, 0.3) is 0 Å². The second-order valence-electron chi connectivity index (χ2n) is 7.56. The Bertz CT molecular complexity index is 854. The molecule has 2 aliphatic rings. The van der Waals surface area contributed by atoms with Crippen molar-refractivity contribution >= 4 is 10.0 Å². The van der Waals surface area contributed by atoms with Crippen LogP contribution in [0, 0.1) is 0 Å². The minimum Gasteiger partial charge on any atom is -0.207 e. The lowest BCUT2D eigenvalue weighted by Gasteiger charge is -2.40. The largest absolute Gasteiger partial charge is 0.243 e. The van der Waals surface area contributed by atoms with E-state index in [4.69, 9.17) is 0 Å². The molecule has 4 heteroatoms. The molecular formula is C21H25NO2S. The van der Waals surface area contributed by atoms with Gasteiger partial charge in [-0.15, -0.1) is 0 Å². The lowest BCUT2D eigenvalue weighted by Crippen LogP contribution is -2.49. The van der Waals surface area contributed by atoms with Crippen molar-refractivity contribution in [2.75, 3.05) is 0 Å². The van der Waals surface area contributed by atoms with E-state index in [1.165, 1.54) is 5.56 Å². The van der Waals surface area contributed by atoms with Gasteiger partial charge in [-0.05, 0) is 48.4 Å². The Hall–Kier alpha value is -1.65. The normalized spacial score (nSPS) is 23.3. The number of rotatable bonds is 2. The van der Waals surface area contributed by atoms with Crippen molar-refractivity contribution in [3.63, 3.8) is 0 Å². The first-order valence-electron chi connectivity index (χ1n) is 9.19. The van der Waals surface area contributed by atoms with Crippen molar-refractivity contribution < 1.29 is 8.42 Å². The monoisotopic (exact) mass is 355 g/mol. The van der Waals surface area contributed by atoms with Crippen LogP contribution in [0.3, 0.4) is 0 Å². The fourth-order valence-electron chi connectivity index (χ4n) is 4.81. The fraction of sp³-hybridized carbons (Fsp3) is 0.429. The summed E-state index contributed by atoms with van der Waals surface area (Å²) in [4.78, 5) is 0.410. The first kappa shape index (κ1) is 16.8. The van der Waals surface area contributed by atoms with E-state index in [2.05, 4.69) is 25.1 Å². The molecule has 0 N–H and O–H groups in total. The molecule has 1 aliphatic heterocycles. The van der Waals surface area contributed by atoms with Crippen molar-refractivity contribution in [2.24, 2.45) is 0 Å². The standard InChI is InChI=1S/C21H25NO2S/c1-17-15-21(13-7-8-14-21)22(16-18-9-5-6-12-20(17)18)25(23,24)19-10-3-2-4-11-19/h2-6,9-12,17H,7-8,13-16H2,1H3. The summed E-state index contributed by atoms with van der Waals surface area (Å²) in [6.45, 7) is 2.73. The third-order valence-electron chi connectivity index (χ3n) is 5.98. The second-order valence-corrected chi connectivity index (χ2v) is 9.42. The number of nitrogens with zero attached hydrogens (tertiary/aromatic N) is 1. The molecule has 2 aromatic carbocycles. The van der Waals surface area contributed by atoms with Crippen LogP contribution in [-0.4, -0.2) is 18.3 Å². The van der Waals surface area contributed by atoms with Crippen LogP contribution in [0.4, 0.5) is 0 Å². The summed E-state index contributed by atoms with van der Waals surface area (Å²) in [5, 5.41) is 0. The maximum Gasteiger partial charge on any atom is 0.243 e. The summed E-state index contributed by atoms with van der Waals surface area (Å²) >= 11 is 0. The van der Waals surface area contributed by atoms with Crippen LogP contribution in [0.25, 0.3) is 0 Å². The first-order chi connectivity index (χ1) is 12.0. The number of benzene rings is 2. The van der Waals surface area contributed by atoms with Crippen molar-refractivity contribution in [3.8, 4) is 0 Å². The van der Waals surface area contributed by atoms with Gasteiger partial charge in [0.15, 0.2) is 0 Å². The zero-order chi connectivity index (χ0) is 17.5. The molecule has 1 aliphatic carbocycles. The summed E-state index contributed by atoms with van der Waals surface area (Å²) in [6, 6.07) is 17.3. The van der Waals surface area contributed by atoms with Crippen LogP contribution in [0.5, 0.6) is 0 Å². The highest BCUT2D eigenvalue weighted by molar-refractivity contribution is 7.89. The maximum atomic E-state index is 13.5. The SMILES string of the molecule is CC1CC2(CCCC2)N(S(=O)(=O)c2ccccc2)Cc2ccccc21. The molecule has 1 unspecified atom stereocenters. The molecule has 1 spiro atoms. The van der Waals surface area contributed by atoms with Gasteiger partial charge in [0.05, 0.1) is 4.90 Å². The molecule has 0 amide bonds. The Morgan fingerprint density at radius 2 is 1.60 bits per heavy atom. The van der Waals surface area contributed by atoms with Crippen molar-refractivity contribution in [2.45, 2.75) is 61.9 Å². The Kier molecular flexibility index (Phi) is 4.20. The number of fused-ring (bicyclic) bond motifs is 1. The number of sulfonamides is 1. The summed E-state index contributed by atoms with van der Waals surface area (Å²) in [5.74, 6) is 0.380. The van der Waals surface area contributed by atoms with Gasteiger partial charge in [0.1, 0.15) is 0 Å². The second kappa shape index (κ2) is 6.26. The molecule has 132 valence electrons. The van der Waals surface area contributed by atoms with Gasteiger partial charge in [0.2, 0.25) is 10.0 Å². The van der Waals surface area contributed by atoms with E-state index in [9.17, 15) is 8.42 Å². The highest BCUT2D eigenvalue weighted by atomic mass is 32.2. The smallest absolute Gasteiger partial charge is 0.207 e. The molecule has 3 nitrogen and oxygen atoms in total. The van der Waals surface area contributed by atoms with Crippen LogP contribution in [-0.2, 0) is 16.6 Å². The van der Waals surface area contributed by atoms with E-state index in [0.717, 1.165) is 37.7 Å². The van der Waals surface area contributed by atoms with Gasteiger partial charge < -0.3 is 0 Å². The van der Waals surface area contributed by atoms with Crippen molar-refractivity contribution in [1.29, 1.82) is 0 Å². The molecule has 0 saturated heterocycles. The highest BCUT2D eigenvalue weighted by Crippen LogP contribution is 2.48. The quantitative estimate of drug-likeness (QED) is 0.783. The van der Waals surface area contributed by atoms with E-state index in [1.54, 1.807) is 12.1 Å². The topological polar surface area (TPSA) is 37.4 Å². The Morgan fingerprint density at radius 3 is 2.32 bits per heavy atom. The Balaban J connectivity index is 1.86. The predicted molar refractivity (Wildman–Crippen MR) is 99.8 cm³/mol. The number of hydrogen-bond donors (Lipinski definition) is 0. The maximum absolute atomic E-state index is 13.5.